The molecule has 10 heteroatoms. The van der Waals surface area contributed by atoms with E-state index in [0.717, 1.165) is 116 Å². The maximum atomic E-state index is 12.8. The van der Waals surface area contributed by atoms with E-state index in [1.54, 1.807) is 6.08 Å². The Kier molecular flexibility index (Phi) is 50.9. The number of ether oxygens (including phenoxy) is 2. The lowest BCUT2D eigenvalue weighted by atomic mass is 10.1. The van der Waals surface area contributed by atoms with E-state index < -0.39 is 32.5 Å². The Morgan fingerprint density at radius 3 is 1.09 bits per heavy atom. The van der Waals surface area contributed by atoms with E-state index in [4.69, 9.17) is 18.5 Å². The molecule has 0 aromatic carbocycles. The number of phosphoric acid groups is 1. The molecule has 76 heavy (non-hydrogen) atoms. The molecule has 0 aromatic rings. The predicted molar refractivity (Wildman–Crippen MR) is 322 cm³/mol. The number of quaternary nitrogens is 1. The summed E-state index contributed by atoms with van der Waals surface area (Å²) in [6.45, 7) is 3.80. The minimum atomic E-state index is -4.68. The molecule has 0 aliphatic heterocycles. The summed E-state index contributed by atoms with van der Waals surface area (Å²) in [6.07, 6.45) is 86.6. The molecule has 0 N–H and O–H groups in total. The van der Waals surface area contributed by atoms with Gasteiger partial charge in [0.05, 0.1) is 34.2 Å². The first-order valence-corrected chi connectivity index (χ1v) is 29.6. The highest BCUT2D eigenvalue weighted by atomic mass is 31.2. The second-order valence-electron chi connectivity index (χ2n) is 18.8. The van der Waals surface area contributed by atoms with Crippen LogP contribution < -0.4 is 4.89 Å². The highest BCUT2D eigenvalue weighted by molar-refractivity contribution is 7.45. The van der Waals surface area contributed by atoms with Gasteiger partial charge in [-0.1, -0.05) is 215 Å². The summed E-state index contributed by atoms with van der Waals surface area (Å²) in [5.74, 6) is -1.04. The van der Waals surface area contributed by atoms with Crippen LogP contribution in [0.15, 0.2) is 194 Å². The number of likely N-dealkylation sites (N-methyl/N-ethyl adjacent to an activating group) is 1. The molecule has 0 aliphatic carbocycles. The van der Waals surface area contributed by atoms with Gasteiger partial charge in [-0.15, -0.1) is 0 Å². The fourth-order valence-electron chi connectivity index (χ4n) is 6.38. The van der Waals surface area contributed by atoms with Gasteiger partial charge in [0, 0.05) is 6.42 Å². The van der Waals surface area contributed by atoms with Gasteiger partial charge in [-0.3, -0.25) is 14.2 Å². The van der Waals surface area contributed by atoms with Crippen molar-refractivity contribution >= 4 is 19.8 Å². The Morgan fingerprint density at radius 2 is 0.750 bits per heavy atom. The van der Waals surface area contributed by atoms with Crippen molar-refractivity contribution in [1.29, 1.82) is 0 Å². The second-order valence-corrected chi connectivity index (χ2v) is 20.3. The Balaban J connectivity index is 4.34. The van der Waals surface area contributed by atoms with Crippen LogP contribution in [0, 0.1) is 0 Å². The Labute approximate surface area is 463 Å². The van der Waals surface area contributed by atoms with Gasteiger partial charge in [0.1, 0.15) is 19.8 Å². The van der Waals surface area contributed by atoms with E-state index in [2.05, 4.69) is 190 Å². The molecule has 0 saturated carbocycles. The predicted octanol–water partition coefficient (Wildman–Crippen LogP) is 17.2. The van der Waals surface area contributed by atoms with E-state index in [0.29, 0.717) is 23.9 Å². The molecule has 0 radical (unpaired) electrons. The standard InChI is InChI=1S/C66H100NO8P/c1-6-8-10-12-14-16-18-20-22-23-24-25-26-27-28-29-30-31-32-33-34-35-36-37-38-39-40-41-42-43-45-47-49-51-53-55-57-59-66(69)75-64(63-74-76(70,71)73-61-60-67(3,4)5)62-72-65(68)58-56-54-52-50-48-46-44-21-19-17-15-13-11-9-7-2/h8-11,14-17,20-22,24-25,27-28,30-31,33-34,36-37,39-40,42-44,47-50,54,56,64H,6-7,12-13,18-19,23,26,29,32,35,38,41,45-46,51-53,55,57-63H2,1-5H3/b10-8-,11-9-,16-14-,17-15-,22-20-,25-24-,28-27-,31-30-,34-33-,37-36-,40-39-,43-42-,44-21-,49-47-,50-48-,56-54-. The number of hydrogen-bond acceptors (Lipinski definition) is 8. The molecule has 0 fully saturated rings. The number of carbonyl (C=O) groups is 2. The summed E-state index contributed by atoms with van der Waals surface area (Å²) in [6, 6.07) is 0. The Hall–Kier alpha value is -5.15. The lowest BCUT2D eigenvalue weighted by Crippen LogP contribution is -2.37. The molecule has 0 heterocycles. The first-order chi connectivity index (χ1) is 37.0. The molecule has 2 atom stereocenters. The highest BCUT2D eigenvalue weighted by Gasteiger charge is 2.21. The maximum Gasteiger partial charge on any atom is 0.309 e. The van der Waals surface area contributed by atoms with Crippen molar-refractivity contribution in [2.45, 2.75) is 161 Å². The third-order valence-electron chi connectivity index (χ3n) is 10.6. The molecule has 0 bridgehead atoms. The zero-order valence-electron chi connectivity index (χ0n) is 47.6. The number of allylic oxidation sites excluding steroid dienone is 31. The van der Waals surface area contributed by atoms with Gasteiger partial charge in [0.15, 0.2) is 6.10 Å². The van der Waals surface area contributed by atoms with Gasteiger partial charge < -0.3 is 27.9 Å². The lowest BCUT2D eigenvalue weighted by molar-refractivity contribution is -0.870. The Morgan fingerprint density at radius 1 is 0.421 bits per heavy atom. The van der Waals surface area contributed by atoms with E-state index in [1.807, 2.05) is 33.3 Å². The SMILES string of the molecule is CC/C=C\C/C=C\C/C=C\C/C=C\C/C=C\C/C=C\C/C=C\C/C=C\C/C=C\C/C=C\C/C=C\CCCCCC(=O)OC(COC(=O)C/C=C\C/C=C\C/C=C\C/C=C\C/C=C\CC)COP(=O)([O-])OCC[N+](C)(C)C. The average molecular weight is 1070 g/mol. The normalized spacial score (nSPS) is 14.8. The van der Waals surface area contributed by atoms with Crippen LogP contribution in [0.2, 0.25) is 0 Å². The van der Waals surface area contributed by atoms with Gasteiger partial charge in [0.25, 0.3) is 7.82 Å². The van der Waals surface area contributed by atoms with Crippen molar-refractivity contribution in [3.63, 3.8) is 0 Å². The largest absolute Gasteiger partial charge is 0.756 e. The molecule has 9 nitrogen and oxygen atoms in total. The third kappa shape index (κ3) is 58.1. The van der Waals surface area contributed by atoms with E-state index >= 15 is 0 Å². The zero-order chi connectivity index (χ0) is 55.6. The monoisotopic (exact) mass is 1070 g/mol. The molecule has 0 saturated heterocycles. The van der Waals surface area contributed by atoms with Gasteiger partial charge in [-0.2, -0.15) is 0 Å². The molecule has 0 aromatic heterocycles. The molecule has 0 rings (SSSR count). The maximum absolute atomic E-state index is 12.8. The van der Waals surface area contributed by atoms with Crippen LogP contribution in [-0.2, 0) is 32.7 Å². The Bertz CT molecular complexity index is 1980. The summed E-state index contributed by atoms with van der Waals surface area (Å²) in [4.78, 5) is 37.7. The molecule has 0 amide bonds. The topological polar surface area (TPSA) is 111 Å². The van der Waals surface area contributed by atoms with Crippen molar-refractivity contribution < 1.29 is 42.1 Å². The minimum Gasteiger partial charge on any atom is -0.756 e. The summed E-state index contributed by atoms with van der Waals surface area (Å²) >= 11 is 0. The van der Waals surface area contributed by atoms with Crippen molar-refractivity contribution in [1.82, 2.24) is 0 Å². The van der Waals surface area contributed by atoms with Crippen molar-refractivity contribution in [3.05, 3.63) is 194 Å². The average Bonchev–Trinajstić information content (AvgIpc) is 3.38. The zero-order valence-corrected chi connectivity index (χ0v) is 48.5. The first kappa shape index (κ1) is 70.8. The number of rotatable bonds is 48. The first-order valence-electron chi connectivity index (χ1n) is 28.1. The fraction of sp³-hybridized carbons (Fsp3) is 0.485. The van der Waals surface area contributed by atoms with Gasteiger partial charge >= 0.3 is 11.9 Å². The fourth-order valence-corrected chi connectivity index (χ4v) is 7.11. The molecule has 0 aliphatic rings. The number of hydrogen-bond donors (Lipinski definition) is 0. The summed E-state index contributed by atoms with van der Waals surface area (Å²) in [5.41, 5.74) is 0. The summed E-state index contributed by atoms with van der Waals surface area (Å²) < 4.78 is 33.9. The smallest absolute Gasteiger partial charge is 0.309 e. The number of phosphoric ester groups is 1. The molecule has 2 unspecified atom stereocenters. The molecule has 422 valence electrons. The molecular weight excluding hydrogens is 966 g/mol. The van der Waals surface area contributed by atoms with Gasteiger partial charge in [0.2, 0.25) is 0 Å². The summed E-state index contributed by atoms with van der Waals surface area (Å²) in [5, 5.41) is 0. The third-order valence-corrected chi connectivity index (χ3v) is 11.6. The van der Waals surface area contributed by atoms with Gasteiger partial charge in [-0.05, 0) is 122 Å². The van der Waals surface area contributed by atoms with Crippen molar-refractivity contribution in [2.24, 2.45) is 0 Å². The van der Waals surface area contributed by atoms with E-state index in [-0.39, 0.29) is 26.1 Å². The second kappa shape index (κ2) is 54.6. The van der Waals surface area contributed by atoms with Crippen LogP contribution in [0.3, 0.4) is 0 Å². The number of nitrogens with zero attached hydrogens (tertiary/aromatic N) is 1. The highest BCUT2D eigenvalue weighted by Crippen LogP contribution is 2.38. The van der Waals surface area contributed by atoms with Crippen LogP contribution in [-0.4, -0.2) is 70.0 Å². The van der Waals surface area contributed by atoms with Crippen molar-refractivity contribution in [2.75, 3.05) is 47.5 Å². The molecular formula is C66H100NO8P. The van der Waals surface area contributed by atoms with Crippen LogP contribution in [0.5, 0.6) is 0 Å². The molecule has 0 spiro atoms. The number of unbranched alkanes of at least 4 members (excludes halogenated alkanes) is 3. The van der Waals surface area contributed by atoms with Crippen molar-refractivity contribution in [3.8, 4) is 0 Å². The van der Waals surface area contributed by atoms with Crippen LogP contribution in [0.25, 0.3) is 0 Å². The summed E-state index contributed by atoms with van der Waals surface area (Å²) in [7, 11) is 1.06. The van der Waals surface area contributed by atoms with Gasteiger partial charge in [-0.25, -0.2) is 0 Å². The van der Waals surface area contributed by atoms with E-state index in [1.165, 1.54) is 0 Å². The quantitative estimate of drug-likeness (QED) is 0.0195. The van der Waals surface area contributed by atoms with Crippen LogP contribution >= 0.6 is 7.82 Å². The van der Waals surface area contributed by atoms with Crippen LogP contribution in [0.1, 0.15) is 155 Å². The number of esters is 2. The lowest BCUT2D eigenvalue weighted by Gasteiger charge is -2.28. The minimum absolute atomic E-state index is 0.0244. The van der Waals surface area contributed by atoms with E-state index in [9.17, 15) is 19.0 Å². The number of carbonyl (C=O) groups excluding carboxylic acids is 2. The van der Waals surface area contributed by atoms with Crippen LogP contribution in [0.4, 0.5) is 0 Å².